The lowest BCUT2D eigenvalue weighted by Gasteiger charge is -2.10. The Balaban J connectivity index is 1.96. The van der Waals surface area contributed by atoms with Crippen LogP contribution >= 0.6 is 47.0 Å². The summed E-state index contributed by atoms with van der Waals surface area (Å²) in [5.41, 5.74) is 0.660. The van der Waals surface area contributed by atoms with E-state index in [4.69, 9.17) is 0 Å². The Morgan fingerprint density at radius 1 is 1.56 bits per heavy atom. The summed E-state index contributed by atoms with van der Waals surface area (Å²) in [4.78, 5) is 11.5. The van der Waals surface area contributed by atoms with Crippen molar-refractivity contribution in [3.8, 4) is 0 Å². The lowest BCUT2D eigenvalue weighted by atomic mass is 10.3. The summed E-state index contributed by atoms with van der Waals surface area (Å²) in [5.74, 6) is 3.64. The van der Waals surface area contributed by atoms with Crippen LogP contribution in [0.25, 0.3) is 0 Å². The minimum Gasteiger partial charge on any atom is -0.282 e. The number of thioether (sulfide) groups is 4. The number of carbonyl (C=O) groups excluding carboxylic acids is 1. The van der Waals surface area contributed by atoms with E-state index in [1.807, 2.05) is 11.8 Å². The van der Waals surface area contributed by atoms with Crippen LogP contribution in [0.15, 0.2) is 12.2 Å². The van der Waals surface area contributed by atoms with Gasteiger partial charge in [0, 0.05) is 27.1 Å². The van der Waals surface area contributed by atoms with Crippen molar-refractivity contribution in [3.63, 3.8) is 0 Å². The standard InChI is InChI=1S/C13H22OS4/c1-10(2)13(14)18-11(3)7-15-6-4-5-12-8-16-9-17-12/h11-12H,1,4-9H2,2-3H3. The van der Waals surface area contributed by atoms with Gasteiger partial charge in [-0.2, -0.15) is 11.8 Å². The van der Waals surface area contributed by atoms with Crippen molar-refractivity contribution in [2.75, 3.05) is 22.3 Å². The van der Waals surface area contributed by atoms with Crippen LogP contribution in [0.1, 0.15) is 26.7 Å². The van der Waals surface area contributed by atoms with Crippen LogP contribution in [0, 0.1) is 0 Å². The van der Waals surface area contributed by atoms with Crippen LogP contribution < -0.4 is 0 Å². The van der Waals surface area contributed by atoms with Crippen molar-refractivity contribution >= 4 is 52.2 Å². The molecule has 0 aromatic rings. The highest BCUT2D eigenvalue weighted by Crippen LogP contribution is 2.32. The smallest absolute Gasteiger partial charge is 0.214 e. The highest BCUT2D eigenvalue weighted by molar-refractivity contribution is 8.19. The number of hydrogen-bond donors (Lipinski definition) is 0. The molecule has 1 saturated heterocycles. The van der Waals surface area contributed by atoms with E-state index in [9.17, 15) is 4.79 Å². The van der Waals surface area contributed by atoms with Crippen molar-refractivity contribution in [2.24, 2.45) is 0 Å². The lowest BCUT2D eigenvalue weighted by Crippen LogP contribution is -2.07. The lowest BCUT2D eigenvalue weighted by molar-refractivity contribution is -0.107. The van der Waals surface area contributed by atoms with Gasteiger partial charge in [-0.25, -0.2) is 0 Å². The molecule has 0 aromatic carbocycles. The van der Waals surface area contributed by atoms with Gasteiger partial charge in [-0.05, 0) is 31.1 Å². The molecule has 18 heavy (non-hydrogen) atoms. The highest BCUT2D eigenvalue weighted by atomic mass is 32.2. The quantitative estimate of drug-likeness (QED) is 0.481. The summed E-state index contributed by atoms with van der Waals surface area (Å²) in [6, 6.07) is 0. The summed E-state index contributed by atoms with van der Waals surface area (Å²) in [6.45, 7) is 7.59. The Kier molecular flexibility index (Phi) is 9.06. The summed E-state index contributed by atoms with van der Waals surface area (Å²) in [6.07, 6.45) is 2.67. The monoisotopic (exact) mass is 322 g/mol. The maximum Gasteiger partial charge on any atom is 0.214 e. The Morgan fingerprint density at radius 3 is 2.94 bits per heavy atom. The summed E-state index contributed by atoms with van der Waals surface area (Å²) >= 11 is 7.58. The van der Waals surface area contributed by atoms with Crippen LogP contribution in [-0.2, 0) is 4.79 Å². The molecule has 0 aromatic heterocycles. The van der Waals surface area contributed by atoms with E-state index >= 15 is 0 Å². The van der Waals surface area contributed by atoms with Gasteiger partial charge in [0.1, 0.15) is 0 Å². The summed E-state index contributed by atoms with van der Waals surface area (Å²) < 4.78 is 0. The molecule has 0 spiro atoms. The molecule has 5 heteroatoms. The second kappa shape index (κ2) is 9.67. The van der Waals surface area contributed by atoms with Crippen molar-refractivity contribution in [1.29, 1.82) is 0 Å². The number of rotatable bonds is 8. The van der Waals surface area contributed by atoms with Gasteiger partial charge in [0.2, 0.25) is 5.12 Å². The maximum atomic E-state index is 11.5. The molecule has 2 atom stereocenters. The van der Waals surface area contributed by atoms with Crippen molar-refractivity contribution in [3.05, 3.63) is 12.2 Å². The van der Waals surface area contributed by atoms with E-state index in [1.165, 1.54) is 41.2 Å². The van der Waals surface area contributed by atoms with Crippen LogP contribution in [0.2, 0.25) is 0 Å². The van der Waals surface area contributed by atoms with E-state index in [0.717, 1.165) is 11.0 Å². The van der Waals surface area contributed by atoms with E-state index in [-0.39, 0.29) is 5.12 Å². The second-order valence-corrected chi connectivity index (χ2v) is 9.74. The van der Waals surface area contributed by atoms with E-state index < -0.39 is 0 Å². The van der Waals surface area contributed by atoms with Crippen LogP contribution in [-0.4, -0.2) is 38.0 Å². The van der Waals surface area contributed by atoms with Crippen molar-refractivity contribution in [1.82, 2.24) is 0 Å². The van der Waals surface area contributed by atoms with Gasteiger partial charge >= 0.3 is 0 Å². The van der Waals surface area contributed by atoms with E-state index in [0.29, 0.717) is 10.8 Å². The molecular formula is C13H22OS4. The molecule has 1 aliphatic heterocycles. The molecule has 0 saturated carbocycles. The molecule has 0 amide bonds. The summed E-state index contributed by atoms with van der Waals surface area (Å²) in [5, 5.41) is 2.72. The average Bonchev–Trinajstić information content (AvgIpc) is 2.81. The van der Waals surface area contributed by atoms with Gasteiger partial charge in [-0.15, -0.1) is 23.5 Å². The summed E-state index contributed by atoms with van der Waals surface area (Å²) in [7, 11) is 0. The van der Waals surface area contributed by atoms with Gasteiger partial charge in [-0.3, -0.25) is 4.79 Å². The predicted octanol–water partition coefficient (Wildman–Crippen LogP) is 4.53. The zero-order chi connectivity index (χ0) is 13.4. The molecule has 0 aliphatic carbocycles. The predicted molar refractivity (Wildman–Crippen MR) is 92.1 cm³/mol. The number of hydrogen-bond acceptors (Lipinski definition) is 5. The molecule has 0 bridgehead atoms. The van der Waals surface area contributed by atoms with Crippen LogP contribution in [0.5, 0.6) is 0 Å². The Labute approximate surface area is 128 Å². The Hall–Kier alpha value is 0.810. The van der Waals surface area contributed by atoms with Gasteiger partial charge < -0.3 is 0 Å². The zero-order valence-electron chi connectivity index (χ0n) is 11.1. The van der Waals surface area contributed by atoms with E-state index in [2.05, 4.69) is 37.0 Å². The second-order valence-electron chi connectivity index (χ2n) is 4.49. The van der Waals surface area contributed by atoms with Crippen molar-refractivity contribution in [2.45, 2.75) is 37.2 Å². The third-order valence-electron chi connectivity index (χ3n) is 2.51. The van der Waals surface area contributed by atoms with Crippen LogP contribution in [0.3, 0.4) is 0 Å². The third kappa shape index (κ3) is 7.41. The fourth-order valence-corrected chi connectivity index (χ4v) is 6.49. The minimum atomic E-state index is 0.141. The molecule has 104 valence electrons. The normalized spacial score (nSPS) is 20.9. The SMILES string of the molecule is C=C(C)C(=O)SC(C)CSCCCC1CSCS1. The van der Waals surface area contributed by atoms with E-state index in [1.54, 1.807) is 6.92 Å². The Bertz CT molecular complexity index is 274. The van der Waals surface area contributed by atoms with Gasteiger partial charge in [0.25, 0.3) is 0 Å². The molecule has 0 N–H and O–H groups in total. The largest absolute Gasteiger partial charge is 0.282 e. The fourth-order valence-electron chi connectivity index (χ4n) is 1.52. The number of carbonyl (C=O) groups is 1. The van der Waals surface area contributed by atoms with Crippen molar-refractivity contribution < 1.29 is 4.79 Å². The minimum absolute atomic E-state index is 0.141. The third-order valence-corrected chi connectivity index (χ3v) is 8.10. The zero-order valence-corrected chi connectivity index (χ0v) is 14.4. The molecule has 1 heterocycles. The molecule has 2 unspecified atom stereocenters. The molecular weight excluding hydrogens is 300 g/mol. The van der Waals surface area contributed by atoms with Gasteiger partial charge in [0.15, 0.2) is 0 Å². The maximum absolute atomic E-state index is 11.5. The first kappa shape index (κ1) is 16.9. The topological polar surface area (TPSA) is 17.1 Å². The fraction of sp³-hybridized carbons (Fsp3) is 0.769. The first-order valence-electron chi connectivity index (χ1n) is 6.23. The average molecular weight is 323 g/mol. The first-order valence-corrected chi connectivity index (χ1v) is 10.5. The molecule has 1 fully saturated rings. The first-order chi connectivity index (χ1) is 8.59. The van der Waals surface area contributed by atoms with Gasteiger partial charge in [0.05, 0.1) is 0 Å². The molecule has 0 radical (unpaired) electrons. The molecule has 1 nitrogen and oxygen atoms in total. The Morgan fingerprint density at radius 2 is 2.33 bits per heavy atom. The van der Waals surface area contributed by atoms with Crippen LogP contribution in [0.4, 0.5) is 0 Å². The van der Waals surface area contributed by atoms with Gasteiger partial charge in [-0.1, -0.05) is 25.3 Å². The molecule has 1 rings (SSSR count). The molecule has 1 aliphatic rings. The highest BCUT2D eigenvalue weighted by Gasteiger charge is 2.15.